The minimum atomic E-state index is 0.744. The van der Waals surface area contributed by atoms with E-state index in [9.17, 15) is 0 Å². The quantitative estimate of drug-likeness (QED) is 0.848. The monoisotopic (exact) mass is 261 g/mol. The first kappa shape index (κ1) is 14.4. The number of hydrogen-bond acceptors (Lipinski definition) is 3. The second-order valence-electron chi connectivity index (χ2n) is 5.84. The summed E-state index contributed by atoms with van der Waals surface area (Å²) in [6.07, 6.45) is 2.70. The number of anilines is 1. The van der Waals surface area contributed by atoms with Crippen LogP contribution in [0, 0.1) is 6.92 Å². The van der Waals surface area contributed by atoms with Gasteiger partial charge in [0.25, 0.3) is 0 Å². The number of nitrogens with one attached hydrogen (secondary N) is 1. The van der Waals surface area contributed by atoms with Gasteiger partial charge in [-0.3, -0.25) is 4.90 Å². The average Bonchev–Trinajstić information content (AvgIpc) is 2.78. The largest absolute Gasteiger partial charge is 0.384 e. The fourth-order valence-corrected chi connectivity index (χ4v) is 2.92. The van der Waals surface area contributed by atoms with Gasteiger partial charge in [0.05, 0.1) is 0 Å². The van der Waals surface area contributed by atoms with E-state index in [-0.39, 0.29) is 0 Å². The van der Waals surface area contributed by atoms with Crippen LogP contribution in [0.1, 0.15) is 18.4 Å². The Balaban J connectivity index is 1.77. The maximum atomic E-state index is 3.56. The van der Waals surface area contributed by atoms with E-state index in [2.05, 4.69) is 60.4 Å². The first-order valence-electron chi connectivity index (χ1n) is 7.35. The van der Waals surface area contributed by atoms with E-state index in [1.54, 1.807) is 0 Å². The van der Waals surface area contributed by atoms with Crippen LogP contribution >= 0.6 is 0 Å². The van der Waals surface area contributed by atoms with E-state index in [0.717, 1.165) is 19.1 Å². The standard InChI is InChI=1S/C16H27N3/c1-14-7-4-5-9-16(14)17-10-12-19-11-6-8-15(19)13-18(2)3/h4-5,7,9,15,17H,6,8,10-13H2,1-3H3. The lowest BCUT2D eigenvalue weighted by Crippen LogP contribution is -2.39. The number of para-hydroxylation sites is 1. The maximum absolute atomic E-state index is 3.56. The molecule has 19 heavy (non-hydrogen) atoms. The summed E-state index contributed by atoms with van der Waals surface area (Å²) in [6, 6.07) is 9.26. The third-order valence-electron chi connectivity index (χ3n) is 3.93. The van der Waals surface area contributed by atoms with E-state index in [1.807, 2.05) is 0 Å². The molecule has 1 atom stereocenters. The highest BCUT2D eigenvalue weighted by molar-refractivity contribution is 5.50. The number of hydrogen-bond donors (Lipinski definition) is 1. The zero-order valence-corrected chi connectivity index (χ0v) is 12.5. The van der Waals surface area contributed by atoms with Gasteiger partial charge in [-0.15, -0.1) is 0 Å². The third kappa shape index (κ3) is 4.22. The van der Waals surface area contributed by atoms with Crippen LogP contribution in [0.3, 0.4) is 0 Å². The summed E-state index contributed by atoms with van der Waals surface area (Å²) < 4.78 is 0. The molecule has 1 N–H and O–H groups in total. The Bertz CT molecular complexity index is 389. The summed E-state index contributed by atoms with van der Waals surface area (Å²) in [5.74, 6) is 0. The van der Waals surface area contributed by atoms with Crippen LogP contribution in [0.15, 0.2) is 24.3 Å². The van der Waals surface area contributed by atoms with Crippen LogP contribution < -0.4 is 5.32 Å². The van der Waals surface area contributed by atoms with E-state index >= 15 is 0 Å². The van der Waals surface area contributed by atoms with Gasteiger partial charge >= 0.3 is 0 Å². The number of nitrogens with zero attached hydrogens (tertiary/aromatic N) is 2. The molecule has 1 aliphatic heterocycles. The summed E-state index contributed by atoms with van der Waals surface area (Å²) in [4.78, 5) is 4.93. The van der Waals surface area contributed by atoms with Crippen molar-refractivity contribution in [1.82, 2.24) is 9.80 Å². The van der Waals surface area contributed by atoms with Crippen LogP contribution in [0.25, 0.3) is 0 Å². The zero-order chi connectivity index (χ0) is 13.7. The van der Waals surface area contributed by atoms with Gasteiger partial charge in [-0.1, -0.05) is 18.2 Å². The summed E-state index contributed by atoms with van der Waals surface area (Å²) in [5, 5.41) is 3.56. The molecule has 1 fully saturated rings. The molecule has 1 aromatic carbocycles. The first-order valence-corrected chi connectivity index (χ1v) is 7.35. The van der Waals surface area contributed by atoms with Gasteiger partial charge in [-0.05, 0) is 52.0 Å². The van der Waals surface area contributed by atoms with Gasteiger partial charge < -0.3 is 10.2 Å². The Hall–Kier alpha value is -1.06. The molecular formula is C16H27N3. The van der Waals surface area contributed by atoms with Gasteiger partial charge in [0, 0.05) is 31.4 Å². The topological polar surface area (TPSA) is 18.5 Å². The zero-order valence-electron chi connectivity index (χ0n) is 12.5. The molecular weight excluding hydrogens is 234 g/mol. The Kier molecular flexibility index (Phi) is 5.23. The van der Waals surface area contributed by atoms with Crippen molar-refractivity contribution in [1.29, 1.82) is 0 Å². The minimum Gasteiger partial charge on any atom is -0.384 e. The lowest BCUT2D eigenvalue weighted by molar-refractivity contribution is 0.214. The normalized spacial score (nSPS) is 20.1. The summed E-state index contributed by atoms with van der Waals surface area (Å²) >= 11 is 0. The highest BCUT2D eigenvalue weighted by Gasteiger charge is 2.24. The fraction of sp³-hybridized carbons (Fsp3) is 0.625. The van der Waals surface area contributed by atoms with E-state index in [4.69, 9.17) is 0 Å². The number of rotatable bonds is 6. The van der Waals surface area contributed by atoms with Crippen LogP contribution in [-0.4, -0.2) is 56.1 Å². The molecule has 0 spiro atoms. The molecule has 0 saturated carbocycles. The fourth-order valence-electron chi connectivity index (χ4n) is 2.92. The molecule has 3 nitrogen and oxygen atoms in total. The first-order chi connectivity index (χ1) is 9.16. The van der Waals surface area contributed by atoms with Crippen molar-refractivity contribution < 1.29 is 0 Å². The van der Waals surface area contributed by atoms with Gasteiger partial charge in [0.2, 0.25) is 0 Å². The van der Waals surface area contributed by atoms with Crippen molar-refractivity contribution in [3.05, 3.63) is 29.8 Å². The predicted octanol–water partition coefficient (Wildman–Crippen LogP) is 2.43. The predicted molar refractivity (Wildman–Crippen MR) is 82.8 cm³/mol. The minimum absolute atomic E-state index is 0.744. The highest BCUT2D eigenvalue weighted by atomic mass is 15.2. The average molecular weight is 261 g/mol. The van der Waals surface area contributed by atoms with Gasteiger partial charge in [-0.25, -0.2) is 0 Å². The number of likely N-dealkylation sites (tertiary alicyclic amines) is 1. The Labute approximate surface area is 117 Å². The van der Waals surface area contributed by atoms with E-state index in [1.165, 1.54) is 37.2 Å². The molecule has 0 amide bonds. The van der Waals surface area contributed by atoms with Crippen LogP contribution in [-0.2, 0) is 0 Å². The van der Waals surface area contributed by atoms with Gasteiger partial charge in [0.1, 0.15) is 0 Å². The smallest absolute Gasteiger partial charge is 0.0370 e. The molecule has 0 aliphatic carbocycles. The second kappa shape index (κ2) is 6.92. The molecule has 1 aliphatic rings. The molecule has 1 saturated heterocycles. The van der Waals surface area contributed by atoms with Crippen LogP contribution in [0.2, 0.25) is 0 Å². The summed E-state index contributed by atoms with van der Waals surface area (Å²) in [5.41, 5.74) is 2.60. The molecule has 2 rings (SSSR count). The van der Waals surface area contributed by atoms with Crippen molar-refractivity contribution in [2.24, 2.45) is 0 Å². The van der Waals surface area contributed by atoms with Crippen molar-refractivity contribution in [3.8, 4) is 0 Å². The Morgan fingerprint density at radius 2 is 2.11 bits per heavy atom. The van der Waals surface area contributed by atoms with Crippen LogP contribution in [0.5, 0.6) is 0 Å². The van der Waals surface area contributed by atoms with Crippen molar-refractivity contribution >= 4 is 5.69 Å². The molecule has 0 radical (unpaired) electrons. The maximum Gasteiger partial charge on any atom is 0.0370 e. The molecule has 1 heterocycles. The lowest BCUT2D eigenvalue weighted by atomic mass is 10.2. The van der Waals surface area contributed by atoms with Crippen molar-refractivity contribution in [3.63, 3.8) is 0 Å². The van der Waals surface area contributed by atoms with Crippen LogP contribution in [0.4, 0.5) is 5.69 Å². The molecule has 0 aromatic heterocycles. The molecule has 0 bridgehead atoms. The Morgan fingerprint density at radius 1 is 1.32 bits per heavy atom. The summed E-state index contributed by atoms with van der Waals surface area (Å²) in [6.45, 7) is 6.78. The third-order valence-corrected chi connectivity index (χ3v) is 3.93. The number of aryl methyl sites for hydroxylation is 1. The molecule has 106 valence electrons. The van der Waals surface area contributed by atoms with E-state index in [0.29, 0.717) is 0 Å². The Morgan fingerprint density at radius 3 is 2.84 bits per heavy atom. The molecule has 1 unspecified atom stereocenters. The van der Waals surface area contributed by atoms with Gasteiger partial charge in [0.15, 0.2) is 0 Å². The van der Waals surface area contributed by atoms with Crippen molar-refractivity contribution in [2.75, 3.05) is 45.6 Å². The highest BCUT2D eigenvalue weighted by Crippen LogP contribution is 2.18. The lowest BCUT2D eigenvalue weighted by Gasteiger charge is -2.27. The summed E-state index contributed by atoms with van der Waals surface area (Å²) in [7, 11) is 4.34. The second-order valence-corrected chi connectivity index (χ2v) is 5.84. The number of benzene rings is 1. The van der Waals surface area contributed by atoms with E-state index < -0.39 is 0 Å². The number of likely N-dealkylation sites (N-methyl/N-ethyl adjacent to an activating group) is 1. The molecule has 1 aromatic rings. The SMILES string of the molecule is Cc1ccccc1NCCN1CCCC1CN(C)C. The van der Waals surface area contributed by atoms with Crippen molar-refractivity contribution in [2.45, 2.75) is 25.8 Å². The van der Waals surface area contributed by atoms with Gasteiger partial charge in [-0.2, -0.15) is 0 Å². The molecule has 3 heteroatoms.